The predicted molar refractivity (Wildman–Crippen MR) is 99.3 cm³/mol. The number of carbonyl (C=O) groups is 3. The zero-order valence-electron chi connectivity index (χ0n) is 15.5. The van der Waals surface area contributed by atoms with E-state index in [0.29, 0.717) is 31.7 Å². The van der Waals surface area contributed by atoms with Crippen LogP contribution in [-0.2, 0) is 14.3 Å². The molecule has 1 aromatic carbocycles. The molecule has 1 heterocycles. The molecule has 1 atom stereocenters. The Morgan fingerprint density at radius 1 is 1.30 bits per heavy atom. The lowest BCUT2D eigenvalue weighted by molar-refractivity contribution is -0.149. The molecule has 1 aliphatic rings. The number of amides is 2. The maximum Gasteiger partial charge on any atom is 0.341 e. The lowest BCUT2D eigenvalue weighted by Crippen LogP contribution is -2.44. The van der Waals surface area contributed by atoms with Gasteiger partial charge in [0.1, 0.15) is 11.3 Å². The molecule has 0 bridgehead atoms. The van der Waals surface area contributed by atoms with Gasteiger partial charge in [-0.1, -0.05) is 11.6 Å². The Balaban J connectivity index is 2.13. The van der Waals surface area contributed by atoms with Crippen LogP contribution >= 0.6 is 11.6 Å². The van der Waals surface area contributed by atoms with Gasteiger partial charge in [-0.15, -0.1) is 0 Å². The minimum atomic E-state index is -0.597. The van der Waals surface area contributed by atoms with Gasteiger partial charge in [-0.3, -0.25) is 4.79 Å². The summed E-state index contributed by atoms with van der Waals surface area (Å²) in [5.74, 6) is -1.00. The number of carbonyl (C=O) groups excluding carboxylic acids is 3. The highest BCUT2D eigenvalue weighted by Crippen LogP contribution is 2.32. The number of methoxy groups -OCH3 is 2. The van der Waals surface area contributed by atoms with Crippen molar-refractivity contribution in [2.45, 2.75) is 19.8 Å². The number of hydrogen-bond acceptors (Lipinski definition) is 6. The monoisotopic (exact) mass is 398 g/mol. The third kappa shape index (κ3) is 5.03. The van der Waals surface area contributed by atoms with Gasteiger partial charge in [0, 0.05) is 19.2 Å². The van der Waals surface area contributed by atoms with Gasteiger partial charge >= 0.3 is 18.0 Å². The van der Waals surface area contributed by atoms with E-state index in [4.69, 9.17) is 21.1 Å². The van der Waals surface area contributed by atoms with E-state index < -0.39 is 12.0 Å². The number of urea groups is 1. The van der Waals surface area contributed by atoms with Gasteiger partial charge in [-0.25, -0.2) is 9.59 Å². The lowest BCUT2D eigenvalue weighted by Gasteiger charge is -2.31. The van der Waals surface area contributed by atoms with Crippen molar-refractivity contribution in [1.29, 1.82) is 0 Å². The highest BCUT2D eigenvalue weighted by Gasteiger charge is 2.29. The van der Waals surface area contributed by atoms with E-state index >= 15 is 0 Å². The SMILES string of the molecule is CCOC(=O)C1CCCN(C(=O)Nc2cc(OC)c(C(=O)OC)cc2Cl)C1. The molecule has 1 aromatic rings. The van der Waals surface area contributed by atoms with Crippen LogP contribution in [0.1, 0.15) is 30.1 Å². The van der Waals surface area contributed by atoms with E-state index in [9.17, 15) is 14.4 Å². The van der Waals surface area contributed by atoms with Crippen LogP contribution in [0.3, 0.4) is 0 Å². The maximum absolute atomic E-state index is 12.6. The molecular weight excluding hydrogens is 376 g/mol. The Bertz CT molecular complexity index is 724. The molecule has 0 saturated carbocycles. The number of esters is 2. The van der Waals surface area contributed by atoms with E-state index in [0.717, 1.165) is 0 Å². The summed E-state index contributed by atoms with van der Waals surface area (Å²) in [6.45, 7) is 2.86. The molecule has 27 heavy (non-hydrogen) atoms. The summed E-state index contributed by atoms with van der Waals surface area (Å²) < 4.78 is 14.9. The van der Waals surface area contributed by atoms with Crippen molar-refractivity contribution in [3.8, 4) is 5.75 Å². The fraction of sp³-hybridized carbons (Fsp3) is 0.500. The first-order chi connectivity index (χ1) is 12.9. The second-order valence-corrected chi connectivity index (χ2v) is 6.40. The van der Waals surface area contributed by atoms with Crippen molar-refractivity contribution in [3.63, 3.8) is 0 Å². The Morgan fingerprint density at radius 2 is 2.04 bits per heavy atom. The van der Waals surface area contributed by atoms with Crippen LogP contribution in [-0.4, -0.2) is 56.8 Å². The van der Waals surface area contributed by atoms with E-state index in [1.807, 2.05) is 0 Å². The van der Waals surface area contributed by atoms with Crippen LogP contribution in [0, 0.1) is 5.92 Å². The van der Waals surface area contributed by atoms with E-state index in [1.54, 1.807) is 11.8 Å². The van der Waals surface area contributed by atoms with Crippen molar-refractivity contribution >= 4 is 35.3 Å². The maximum atomic E-state index is 12.6. The minimum absolute atomic E-state index is 0.156. The predicted octanol–water partition coefficient (Wildman–Crippen LogP) is 2.94. The molecule has 148 valence electrons. The summed E-state index contributed by atoms with van der Waals surface area (Å²) >= 11 is 6.19. The van der Waals surface area contributed by atoms with Gasteiger partial charge in [-0.2, -0.15) is 0 Å². The van der Waals surface area contributed by atoms with Crippen molar-refractivity contribution < 1.29 is 28.6 Å². The Kier molecular flexibility index (Phi) is 7.29. The average Bonchev–Trinajstić information content (AvgIpc) is 2.68. The third-order valence-corrected chi connectivity index (χ3v) is 4.58. The van der Waals surface area contributed by atoms with Crippen molar-refractivity contribution in [1.82, 2.24) is 4.90 Å². The van der Waals surface area contributed by atoms with E-state index in [-0.39, 0.29) is 34.8 Å². The van der Waals surface area contributed by atoms with Crippen LogP contribution in [0.2, 0.25) is 5.02 Å². The Hall–Kier alpha value is -2.48. The Morgan fingerprint density at radius 3 is 2.67 bits per heavy atom. The number of nitrogens with zero attached hydrogens (tertiary/aromatic N) is 1. The van der Waals surface area contributed by atoms with E-state index in [1.165, 1.54) is 26.4 Å². The summed E-state index contributed by atoms with van der Waals surface area (Å²) in [5.41, 5.74) is 0.452. The summed E-state index contributed by atoms with van der Waals surface area (Å²) in [5, 5.41) is 2.87. The number of anilines is 1. The van der Waals surface area contributed by atoms with Crippen LogP contribution in [0.4, 0.5) is 10.5 Å². The molecule has 0 aliphatic carbocycles. The molecule has 1 fully saturated rings. The van der Waals surface area contributed by atoms with Crippen molar-refractivity contribution in [2.75, 3.05) is 39.2 Å². The number of benzene rings is 1. The largest absolute Gasteiger partial charge is 0.496 e. The molecule has 2 rings (SSSR count). The molecule has 1 aliphatic heterocycles. The van der Waals surface area contributed by atoms with Gasteiger partial charge in [0.25, 0.3) is 0 Å². The second-order valence-electron chi connectivity index (χ2n) is 5.99. The fourth-order valence-electron chi connectivity index (χ4n) is 2.90. The van der Waals surface area contributed by atoms with Gasteiger partial charge in [-0.05, 0) is 25.8 Å². The molecule has 1 saturated heterocycles. The summed E-state index contributed by atoms with van der Waals surface area (Å²) in [4.78, 5) is 37.8. The van der Waals surface area contributed by atoms with Crippen LogP contribution in [0.5, 0.6) is 5.75 Å². The smallest absolute Gasteiger partial charge is 0.341 e. The van der Waals surface area contributed by atoms with Crippen LogP contribution in [0.15, 0.2) is 12.1 Å². The number of likely N-dealkylation sites (tertiary alicyclic amines) is 1. The van der Waals surface area contributed by atoms with Crippen LogP contribution in [0.25, 0.3) is 0 Å². The summed E-state index contributed by atoms with van der Waals surface area (Å²) in [6, 6.07) is 2.44. The first-order valence-corrected chi connectivity index (χ1v) is 8.97. The van der Waals surface area contributed by atoms with Gasteiger partial charge in [0.05, 0.1) is 37.5 Å². The summed E-state index contributed by atoms with van der Waals surface area (Å²) in [6.07, 6.45) is 1.39. The molecular formula is C18H23ClN2O6. The third-order valence-electron chi connectivity index (χ3n) is 4.26. The number of piperidine rings is 1. The van der Waals surface area contributed by atoms with Crippen LogP contribution < -0.4 is 10.1 Å². The zero-order chi connectivity index (χ0) is 20.0. The Labute approximate surface area is 162 Å². The number of ether oxygens (including phenoxy) is 3. The molecule has 0 radical (unpaired) electrons. The molecule has 2 amide bonds. The molecule has 1 N–H and O–H groups in total. The van der Waals surface area contributed by atoms with E-state index in [2.05, 4.69) is 10.1 Å². The number of nitrogens with one attached hydrogen (secondary N) is 1. The summed E-state index contributed by atoms with van der Waals surface area (Å²) in [7, 11) is 2.65. The fourth-order valence-corrected chi connectivity index (χ4v) is 3.11. The number of rotatable bonds is 5. The lowest BCUT2D eigenvalue weighted by atomic mass is 9.98. The number of halogens is 1. The first kappa shape index (κ1) is 20.8. The number of hydrogen-bond donors (Lipinski definition) is 1. The first-order valence-electron chi connectivity index (χ1n) is 8.59. The molecule has 0 spiro atoms. The molecule has 0 aromatic heterocycles. The van der Waals surface area contributed by atoms with Gasteiger partial charge in [0.2, 0.25) is 0 Å². The normalized spacial score (nSPS) is 16.4. The molecule has 9 heteroatoms. The van der Waals surface area contributed by atoms with Gasteiger partial charge in [0.15, 0.2) is 0 Å². The molecule has 1 unspecified atom stereocenters. The zero-order valence-corrected chi connectivity index (χ0v) is 16.3. The molecule has 8 nitrogen and oxygen atoms in total. The second kappa shape index (κ2) is 9.45. The highest BCUT2D eigenvalue weighted by atomic mass is 35.5. The standard InChI is InChI=1S/C18H23ClN2O6/c1-4-27-16(22)11-6-5-7-21(10-11)18(24)20-14-9-15(25-2)12(8-13(14)19)17(23)26-3/h8-9,11H,4-7,10H2,1-3H3,(H,20,24). The van der Waals surface area contributed by atoms with Gasteiger partial charge < -0.3 is 24.4 Å². The average molecular weight is 399 g/mol. The highest BCUT2D eigenvalue weighted by molar-refractivity contribution is 6.34. The van der Waals surface area contributed by atoms with Crippen molar-refractivity contribution in [3.05, 3.63) is 22.7 Å². The minimum Gasteiger partial charge on any atom is -0.496 e. The van der Waals surface area contributed by atoms with Crippen molar-refractivity contribution in [2.24, 2.45) is 5.92 Å². The topological polar surface area (TPSA) is 94.2 Å². The quantitative estimate of drug-likeness (QED) is 0.766.